The normalized spacial score (nSPS) is 20.6. The third-order valence-electron chi connectivity index (χ3n) is 3.86. The average molecular weight is 292 g/mol. The molecular weight excluding hydrogens is 267 g/mol. The summed E-state index contributed by atoms with van der Waals surface area (Å²) in [4.78, 5) is 0. The molecule has 0 aliphatic carbocycles. The summed E-state index contributed by atoms with van der Waals surface area (Å²) < 4.78 is 17.8. The van der Waals surface area contributed by atoms with Crippen molar-refractivity contribution in [2.75, 3.05) is 0 Å². The zero-order chi connectivity index (χ0) is 16.1. The molecule has 1 N–H and O–H groups in total. The minimum atomic E-state index is -0.510. The lowest BCUT2D eigenvalue weighted by atomic mass is 9.79. The lowest BCUT2D eigenvalue weighted by molar-refractivity contribution is 0.00578. The number of benzene rings is 1. The van der Waals surface area contributed by atoms with Crippen LogP contribution in [0, 0.1) is 0 Å². The van der Waals surface area contributed by atoms with E-state index in [9.17, 15) is 5.11 Å². The maximum Gasteiger partial charge on any atom is 0.495 e. The van der Waals surface area contributed by atoms with Gasteiger partial charge in [0.1, 0.15) is 17.1 Å². The van der Waals surface area contributed by atoms with Crippen molar-refractivity contribution in [2.24, 2.45) is 0 Å². The predicted molar refractivity (Wildman–Crippen MR) is 84.2 cm³/mol. The van der Waals surface area contributed by atoms with Gasteiger partial charge in [0, 0.05) is 6.07 Å². The van der Waals surface area contributed by atoms with Crippen molar-refractivity contribution in [1.82, 2.24) is 0 Å². The number of rotatable bonds is 2. The van der Waals surface area contributed by atoms with Gasteiger partial charge < -0.3 is 19.2 Å². The average Bonchev–Trinajstić information content (AvgIpc) is 2.44. The zero-order valence-electron chi connectivity index (χ0n) is 14.0. The summed E-state index contributed by atoms with van der Waals surface area (Å²) in [5.74, 6) is 0.744. The Morgan fingerprint density at radius 1 is 1.00 bits per heavy atom. The molecule has 1 aromatic rings. The van der Waals surface area contributed by atoms with E-state index in [1.165, 1.54) is 0 Å². The molecular formula is C16H25BO4. The van der Waals surface area contributed by atoms with Gasteiger partial charge >= 0.3 is 7.12 Å². The number of aromatic hydroxyl groups is 1. The van der Waals surface area contributed by atoms with Gasteiger partial charge in [0.2, 0.25) is 0 Å². The van der Waals surface area contributed by atoms with Crippen LogP contribution in [-0.4, -0.2) is 29.0 Å². The van der Waals surface area contributed by atoms with E-state index in [1.807, 2.05) is 54.5 Å². The molecule has 0 radical (unpaired) electrons. The number of ether oxygens (including phenoxy) is 1. The van der Waals surface area contributed by atoms with Gasteiger partial charge in [0.25, 0.3) is 0 Å². The Balaban J connectivity index is 2.30. The number of hydrogen-bond acceptors (Lipinski definition) is 4. The van der Waals surface area contributed by atoms with Crippen LogP contribution in [0.1, 0.15) is 48.5 Å². The standard InChI is InChI=1S/C16H25BO4/c1-14(2,3)19-13-9-11(8-12(18)10-13)17-20-15(4,5)16(6,7)21-17/h8-10,18H,1-7H3. The van der Waals surface area contributed by atoms with E-state index in [0.29, 0.717) is 5.75 Å². The third-order valence-corrected chi connectivity index (χ3v) is 3.86. The molecule has 0 aromatic heterocycles. The van der Waals surface area contributed by atoms with Gasteiger partial charge in [0.05, 0.1) is 11.2 Å². The number of phenolic OH excluding ortho intramolecular Hbond substituents is 1. The Morgan fingerprint density at radius 3 is 2.00 bits per heavy atom. The molecule has 4 nitrogen and oxygen atoms in total. The van der Waals surface area contributed by atoms with Crippen LogP contribution >= 0.6 is 0 Å². The SMILES string of the molecule is CC(C)(C)Oc1cc(O)cc(B2OC(C)(C)C(C)(C)O2)c1. The van der Waals surface area contributed by atoms with Crippen molar-refractivity contribution in [1.29, 1.82) is 0 Å². The van der Waals surface area contributed by atoms with E-state index >= 15 is 0 Å². The second kappa shape index (κ2) is 4.92. The lowest BCUT2D eigenvalue weighted by Crippen LogP contribution is -2.41. The second-order valence-corrected chi connectivity index (χ2v) is 7.56. The van der Waals surface area contributed by atoms with Gasteiger partial charge in [-0.15, -0.1) is 0 Å². The molecule has 0 unspecified atom stereocenters. The van der Waals surface area contributed by atoms with Gasteiger partial charge in [-0.25, -0.2) is 0 Å². The third kappa shape index (κ3) is 3.53. The Labute approximate surface area is 127 Å². The van der Waals surface area contributed by atoms with Crippen LogP contribution < -0.4 is 10.2 Å². The molecule has 1 aliphatic rings. The summed E-state index contributed by atoms with van der Waals surface area (Å²) in [6.45, 7) is 13.9. The van der Waals surface area contributed by atoms with E-state index in [0.717, 1.165) is 5.46 Å². The van der Waals surface area contributed by atoms with E-state index < -0.39 is 18.3 Å². The van der Waals surface area contributed by atoms with Crippen LogP contribution in [0.25, 0.3) is 0 Å². The maximum absolute atomic E-state index is 9.92. The fourth-order valence-corrected chi connectivity index (χ4v) is 2.13. The van der Waals surface area contributed by atoms with E-state index in [4.69, 9.17) is 14.0 Å². The van der Waals surface area contributed by atoms with Crippen LogP contribution in [0.5, 0.6) is 11.5 Å². The monoisotopic (exact) mass is 292 g/mol. The highest BCUT2D eigenvalue weighted by Gasteiger charge is 2.51. The summed E-state index contributed by atoms with van der Waals surface area (Å²) in [6.07, 6.45) is 0. The molecule has 0 spiro atoms. The fraction of sp³-hybridized carbons (Fsp3) is 0.625. The first-order chi connectivity index (χ1) is 9.40. The highest BCUT2D eigenvalue weighted by Crippen LogP contribution is 2.37. The second-order valence-electron chi connectivity index (χ2n) is 7.56. The van der Waals surface area contributed by atoms with E-state index in [-0.39, 0.29) is 11.4 Å². The van der Waals surface area contributed by atoms with Crippen LogP contribution in [0.15, 0.2) is 18.2 Å². The molecule has 5 heteroatoms. The first-order valence-corrected chi connectivity index (χ1v) is 7.28. The van der Waals surface area contributed by atoms with Crippen molar-refractivity contribution in [2.45, 2.75) is 65.3 Å². The smallest absolute Gasteiger partial charge is 0.495 e. The maximum atomic E-state index is 9.92. The van der Waals surface area contributed by atoms with E-state index in [1.54, 1.807) is 12.1 Å². The first kappa shape index (κ1) is 16.2. The van der Waals surface area contributed by atoms with Gasteiger partial charge in [0.15, 0.2) is 0 Å². The van der Waals surface area contributed by atoms with Gasteiger partial charge in [-0.1, -0.05) is 0 Å². The molecule has 0 bridgehead atoms. The Bertz CT molecular complexity index is 516. The first-order valence-electron chi connectivity index (χ1n) is 7.28. The van der Waals surface area contributed by atoms with Crippen molar-refractivity contribution in [3.63, 3.8) is 0 Å². The molecule has 116 valence electrons. The summed E-state index contributed by atoms with van der Waals surface area (Å²) >= 11 is 0. The molecule has 0 atom stereocenters. The molecule has 0 amide bonds. The summed E-state index contributed by atoms with van der Waals surface area (Å²) in [6, 6.07) is 5.10. The topological polar surface area (TPSA) is 47.9 Å². The number of hydrogen-bond donors (Lipinski definition) is 1. The summed E-state index contributed by atoms with van der Waals surface area (Å²) in [7, 11) is -0.510. The van der Waals surface area contributed by atoms with Gasteiger partial charge in [-0.2, -0.15) is 0 Å². The lowest BCUT2D eigenvalue weighted by Gasteiger charge is -2.32. The summed E-state index contributed by atoms with van der Waals surface area (Å²) in [5.41, 5.74) is -0.392. The highest BCUT2D eigenvalue weighted by atomic mass is 16.7. The minimum Gasteiger partial charge on any atom is -0.508 e. The van der Waals surface area contributed by atoms with Crippen LogP contribution in [0.3, 0.4) is 0 Å². The molecule has 0 saturated carbocycles. The highest BCUT2D eigenvalue weighted by molar-refractivity contribution is 6.62. The van der Waals surface area contributed by atoms with Crippen molar-refractivity contribution >= 4 is 12.6 Å². The van der Waals surface area contributed by atoms with Crippen LogP contribution in [0.2, 0.25) is 0 Å². The predicted octanol–water partition coefficient (Wildman–Crippen LogP) is 2.87. The Kier molecular flexibility index (Phi) is 3.79. The van der Waals surface area contributed by atoms with Crippen molar-refractivity contribution in [3.8, 4) is 11.5 Å². The Morgan fingerprint density at radius 2 is 1.52 bits per heavy atom. The van der Waals surface area contributed by atoms with Crippen molar-refractivity contribution < 1.29 is 19.2 Å². The quantitative estimate of drug-likeness (QED) is 0.851. The molecule has 1 aliphatic heterocycles. The molecule has 21 heavy (non-hydrogen) atoms. The van der Waals surface area contributed by atoms with Crippen LogP contribution in [0.4, 0.5) is 0 Å². The zero-order valence-corrected chi connectivity index (χ0v) is 14.0. The van der Waals surface area contributed by atoms with Crippen molar-refractivity contribution in [3.05, 3.63) is 18.2 Å². The largest absolute Gasteiger partial charge is 0.508 e. The van der Waals surface area contributed by atoms with E-state index in [2.05, 4.69) is 0 Å². The summed E-state index contributed by atoms with van der Waals surface area (Å²) in [5, 5.41) is 9.92. The molecule has 2 rings (SSSR count). The Hall–Kier alpha value is -1.20. The molecule has 1 fully saturated rings. The van der Waals surface area contributed by atoms with Gasteiger partial charge in [-0.05, 0) is 66.1 Å². The molecule has 1 aromatic carbocycles. The number of phenols is 1. The van der Waals surface area contributed by atoms with Gasteiger partial charge in [-0.3, -0.25) is 0 Å². The molecule has 1 saturated heterocycles. The van der Waals surface area contributed by atoms with Crippen LogP contribution in [-0.2, 0) is 9.31 Å². The fourth-order valence-electron chi connectivity index (χ4n) is 2.13. The molecule has 1 heterocycles. The minimum absolute atomic E-state index is 0.140.